The van der Waals surface area contributed by atoms with Gasteiger partial charge < -0.3 is 14.4 Å². The first-order valence-electron chi connectivity index (χ1n) is 11.1. The number of anilines is 1. The molecule has 4 rings (SSSR count). The second kappa shape index (κ2) is 10.3. The summed E-state index contributed by atoms with van der Waals surface area (Å²) in [7, 11) is 1.72. The Kier molecular flexibility index (Phi) is 7.22. The van der Waals surface area contributed by atoms with E-state index in [1.54, 1.807) is 12.0 Å². The summed E-state index contributed by atoms with van der Waals surface area (Å²) in [6.07, 6.45) is 3.34. The van der Waals surface area contributed by atoms with E-state index in [0.717, 1.165) is 62.6 Å². The molecule has 2 aliphatic rings. The van der Waals surface area contributed by atoms with Crippen LogP contribution < -0.4 is 14.4 Å². The van der Waals surface area contributed by atoms with Gasteiger partial charge in [0.2, 0.25) is 0 Å². The van der Waals surface area contributed by atoms with Gasteiger partial charge in [0, 0.05) is 32.7 Å². The van der Waals surface area contributed by atoms with Gasteiger partial charge in [0.1, 0.15) is 22.9 Å². The number of ether oxygens (including phenoxy) is 2. The number of amides is 1. The number of hydrogen-bond donors (Lipinski definition) is 0. The molecule has 0 aliphatic carbocycles. The van der Waals surface area contributed by atoms with Crippen molar-refractivity contribution in [3.63, 3.8) is 0 Å². The van der Waals surface area contributed by atoms with E-state index in [1.807, 2.05) is 37.3 Å². The number of halogens is 1. The largest absolute Gasteiger partial charge is 0.495 e. The second-order valence-electron chi connectivity index (χ2n) is 8.22. The number of methoxy groups -OCH3 is 1. The van der Waals surface area contributed by atoms with Crippen molar-refractivity contribution in [2.24, 2.45) is 0 Å². The van der Waals surface area contributed by atoms with E-state index >= 15 is 0 Å². The van der Waals surface area contributed by atoms with Crippen molar-refractivity contribution < 1.29 is 14.3 Å². The Bertz CT molecular complexity index is 986. The molecule has 2 heterocycles. The standard InChI is InChI=1S/C25H30ClN3O3/c1-19-9-10-22-20(17-19)25(30)29(24(26)18-32-22)12-6-5-11-27-13-15-28(16-14-27)21-7-3-4-8-23(21)31-2/h3-4,7-10,17-18H,5-6,11-16H2,1-2H3. The Morgan fingerprint density at radius 1 is 1.03 bits per heavy atom. The van der Waals surface area contributed by atoms with Crippen LogP contribution in [0.2, 0.25) is 0 Å². The first-order valence-corrected chi connectivity index (χ1v) is 11.5. The number of hydrogen-bond acceptors (Lipinski definition) is 5. The van der Waals surface area contributed by atoms with Gasteiger partial charge in [-0.25, -0.2) is 0 Å². The SMILES string of the molecule is COc1ccccc1N1CCN(CCCCN2C(=O)c3cc(C)ccc3OC=C2Cl)CC1. The van der Waals surface area contributed by atoms with Crippen molar-refractivity contribution in [1.82, 2.24) is 9.80 Å². The van der Waals surface area contributed by atoms with Gasteiger partial charge in [-0.15, -0.1) is 0 Å². The third-order valence-corrected chi connectivity index (χ3v) is 6.35. The lowest BCUT2D eigenvalue weighted by Gasteiger charge is -2.36. The molecule has 32 heavy (non-hydrogen) atoms. The van der Waals surface area contributed by atoms with Gasteiger partial charge in [-0.2, -0.15) is 0 Å². The summed E-state index contributed by atoms with van der Waals surface area (Å²) in [6.45, 7) is 7.54. The van der Waals surface area contributed by atoms with Gasteiger partial charge in [0.05, 0.1) is 18.4 Å². The van der Waals surface area contributed by atoms with Crippen molar-refractivity contribution in [2.75, 3.05) is 51.3 Å². The molecule has 0 unspecified atom stereocenters. The van der Waals surface area contributed by atoms with E-state index in [2.05, 4.69) is 21.9 Å². The summed E-state index contributed by atoms with van der Waals surface area (Å²) in [4.78, 5) is 19.5. The molecule has 1 saturated heterocycles. The fourth-order valence-electron chi connectivity index (χ4n) is 4.25. The molecule has 0 N–H and O–H groups in total. The zero-order valence-electron chi connectivity index (χ0n) is 18.7. The molecule has 0 aromatic heterocycles. The van der Waals surface area contributed by atoms with Crippen molar-refractivity contribution in [3.8, 4) is 11.5 Å². The first-order chi connectivity index (χ1) is 15.6. The van der Waals surface area contributed by atoms with Crippen LogP contribution in [-0.2, 0) is 0 Å². The van der Waals surface area contributed by atoms with Crippen LogP contribution >= 0.6 is 11.6 Å². The van der Waals surface area contributed by atoms with E-state index in [0.29, 0.717) is 23.0 Å². The minimum atomic E-state index is -0.104. The van der Waals surface area contributed by atoms with Crippen LogP contribution in [0.1, 0.15) is 28.8 Å². The molecule has 0 saturated carbocycles. The van der Waals surface area contributed by atoms with E-state index in [9.17, 15) is 4.79 Å². The summed E-state index contributed by atoms with van der Waals surface area (Å²) < 4.78 is 11.1. The van der Waals surface area contributed by atoms with Crippen molar-refractivity contribution in [1.29, 1.82) is 0 Å². The molecule has 7 heteroatoms. The maximum absolute atomic E-state index is 13.0. The molecule has 170 valence electrons. The van der Waals surface area contributed by atoms with Gasteiger partial charge in [-0.3, -0.25) is 14.6 Å². The number of fused-ring (bicyclic) bond motifs is 1. The van der Waals surface area contributed by atoms with Crippen molar-refractivity contribution >= 4 is 23.2 Å². The summed E-state index contributed by atoms with van der Waals surface area (Å²) in [5, 5.41) is 0.328. The Morgan fingerprint density at radius 2 is 1.78 bits per heavy atom. The number of unbranched alkanes of at least 4 members (excludes halogenated alkanes) is 1. The lowest BCUT2D eigenvalue weighted by atomic mass is 10.1. The molecule has 0 spiro atoms. The Balaban J connectivity index is 1.25. The highest BCUT2D eigenvalue weighted by Crippen LogP contribution is 2.29. The van der Waals surface area contributed by atoms with E-state index in [-0.39, 0.29) is 5.91 Å². The molecule has 0 bridgehead atoms. The average molecular weight is 456 g/mol. The maximum Gasteiger partial charge on any atom is 0.262 e. The summed E-state index contributed by atoms with van der Waals surface area (Å²) in [6, 6.07) is 13.8. The lowest BCUT2D eigenvalue weighted by molar-refractivity contribution is 0.0814. The second-order valence-corrected chi connectivity index (χ2v) is 8.61. The highest BCUT2D eigenvalue weighted by Gasteiger charge is 2.25. The highest BCUT2D eigenvalue weighted by atomic mass is 35.5. The molecule has 0 atom stereocenters. The zero-order valence-corrected chi connectivity index (χ0v) is 19.5. The Labute approximate surface area is 195 Å². The molecule has 1 amide bonds. The Hall–Kier alpha value is -2.70. The normalized spacial score (nSPS) is 16.8. The highest BCUT2D eigenvalue weighted by molar-refractivity contribution is 6.30. The number of benzene rings is 2. The van der Waals surface area contributed by atoms with Crippen LogP contribution in [0.15, 0.2) is 53.9 Å². The zero-order chi connectivity index (χ0) is 22.5. The number of nitrogens with zero attached hydrogens (tertiary/aromatic N) is 3. The predicted molar refractivity (Wildman–Crippen MR) is 128 cm³/mol. The average Bonchev–Trinajstić information content (AvgIpc) is 2.93. The summed E-state index contributed by atoms with van der Waals surface area (Å²) >= 11 is 6.35. The molecule has 2 aromatic carbocycles. The molecule has 2 aromatic rings. The van der Waals surface area contributed by atoms with Crippen LogP contribution in [0.5, 0.6) is 11.5 Å². The maximum atomic E-state index is 13.0. The van der Waals surface area contributed by atoms with Gasteiger partial charge in [-0.05, 0) is 50.6 Å². The van der Waals surface area contributed by atoms with E-state index in [1.165, 1.54) is 6.26 Å². The van der Waals surface area contributed by atoms with Gasteiger partial charge in [0.25, 0.3) is 5.91 Å². The fraction of sp³-hybridized carbons (Fsp3) is 0.400. The van der Waals surface area contributed by atoms with Crippen molar-refractivity contribution in [3.05, 3.63) is 65.0 Å². The van der Waals surface area contributed by atoms with Crippen molar-refractivity contribution in [2.45, 2.75) is 19.8 Å². The van der Waals surface area contributed by atoms with E-state index in [4.69, 9.17) is 21.1 Å². The molecule has 2 aliphatic heterocycles. The van der Waals surface area contributed by atoms with Crippen LogP contribution in [0.3, 0.4) is 0 Å². The number of carbonyl (C=O) groups excluding carboxylic acids is 1. The molecule has 6 nitrogen and oxygen atoms in total. The minimum Gasteiger partial charge on any atom is -0.495 e. The first kappa shape index (κ1) is 22.5. The van der Waals surface area contributed by atoms with Gasteiger partial charge in [0.15, 0.2) is 0 Å². The lowest BCUT2D eigenvalue weighted by Crippen LogP contribution is -2.46. The van der Waals surface area contributed by atoms with Crippen LogP contribution in [0.25, 0.3) is 0 Å². The summed E-state index contributed by atoms with van der Waals surface area (Å²) in [5.41, 5.74) is 2.74. The minimum absolute atomic E-state index is 0.104. The molecule has 0 radical (unpaired) electrons. The number of para-hydroxylation sites is 2. The van der Waals surface area contributed by atoms with Gasteiger partial charge in [-0.1, -0.05) is 35.4 Å². The number of carbonyl (C=O) groups is 1. The quantitative estimate of drug-likeness (QED) is 0.455. The van der Waals surface area contributed by atoms with E-state index < -0.39 is 0 Å². The third kappa shape index (κ3) is 5.03. The number of piperazine rings is 1. The molecular weight excluding hydrogens is 426 g/mol. The smallest absolute Gasteiger partial charge is 0.262 e. The molecule has 1 fully saturated rings. The Morgan fingerprint density at radius 3 is 2.56 bits per heavy atom. The summed E-state index contributed by atoms with van der Waals surface area (Å²) in [5.74, 6) is 1.37. The number of aryl methyl sites for hydroxylation is 1. The van der Waals surface area contributed by atoms with Crippen LogP contribution in [0, 0.1) is 6.92 Å². The van der Waals surface area contributed by atoms with Crippen LogP contribution in [0.4, 0.5) is 5.69 Å². The van der Waals surface area contributed by atoms with Gasteiger partial charge >= 0.3 is 0 Å². The third-order valence-electron chi connectivity index (χ3n) is 6.06. The fourth-order valence-corrected chi connectivity index (χ4v) is 4.45. The monoisotopic (exact) mass is 455 g/mol. The van der Waals surface area contributed by atoms with Crippen LogP contribution in [-0.4, -0.2) is 62.1 Å². The topological polar surface area (TPSA) is 45.2 Å². The predicted octanol–water partition coefficient (Wildman–Crippen LogP) is 4.48. The number of rotatable bonds is 7. The molecular formula is C25H30ClN3O3.